The van der Waals surface area contributed by atoms with Crippen molar-refractivity contribution in [3.05, 3.63) is 81.2 Å². The van der Waals surface area contributed by atoms with Gasteiger partial charge >= 0.3 is 5.69 Å². The van der Waals surface area contributed by atoms with Crippen LogP contribution in [0.1, 0.15) is 0 Å². The van der Waals surface area contributed by atoms with Gasteiger partial charge in [0.25, 0.3) is 5.69 Å². The van der Waals surface area contributed by atoms with E-state index < -0.39 is 9.85 Å². The number of non-ortho nitro benzene ring substituents is 1. The SMILES string of the molecule is O=[N+]([O-])c1ccc(N[n+]2ccc3ccccc3c2)c([N+](=O)[O-])c1.[Cl-]. The molecule has 1 aromatic heterocycles. The predicted octanol–water partition coefficient (Wildman–Crippen LogP) is -0.177. The van der Waals surface area contributed by atoms with E-state index >= 15 is 0 Å². The maximum Gasteiger partial charge on any atom is 0.305 e. The molecule has 0 bridgehead atoms. The fourth-order valence-corrected chi connectivity index (χ4v) is 2.22. The predicted molar refractivity (Wildman–Crippen MR) is 82.9 cm³/mol. The lowest BCUT2D eigenvalue weighted by Gasteiger charge is -2.03. The highest BCUT2D eigenvalue weighted by atomic mass is 35.5. The monoisotopic (exact) mass is 346 g/mol. The van der Waals surface area contributed by atoms with Crippen molar-refractivity contribution in [2.45, 2.75) is 0 Å². The molecule has 0 fully saturated rings. The Balaban J connectivity index is 0.00000208. The number of fused-ring (bicyclic) bond motifs is 1. The van der Waals surface area contributed by atoms with Gasteiger partial charge in [-0.1, -0.05) is 22.9 Å². The van der Waals surface area contributed by atoms with Crippen LogP contribution in [-0.4, -0.2) is 9.85 Å². The maximum atomic E-state index is 11.1. The number of aromatic nitrogens is 1. The molecule has 0 unspecified atom stereocenters. The summed E-state index contributed by atoms with van der Waals surface area (Å²) >= 11 is 0. The third-order valence-corrected chi connectivity index (χ3v) is 3.33. The van der Waals surface area contributed by atoms with Crippen LogP contribution in [0.25, 0.3) is 10.8 Å². The molecule has 8 nitrogen and oxygen atoms in total. The lowest BCUT2D eigenvalue weighted by molar-refractivity contribution is -0.641. The van der Waals surface area contributed by atoms with Crippen molar-refractivity contribution in [1.29, 1.82) is 0 Å². The van der Waals surface area contributed by atoms with Gasteiger partial charge in [0.1, 0.15) is 0 Å². The van der Waals surface area contributed by atoms with Gasteiger partial charge in [0, 0.05) is 17.5 Å². The molecule has 0 saturated carbocycles. The summed E-state index contributed by atoms with van der Waals surface area (Å²) in [5.41, 5.74) is 2.34. The van der Waals surface area contributed by atoms with E-state index in [0.29, 0.717) is 0 Å². The first-order valence-electron chi connectivity index (χ1n) is 6.64. The molecule has 3 aromatic rings. The molecule has 0 aliphatic heterocycles. The summed E-state index contributed by atoms with van der Waals surface area (Å²) < 4.78 is 1.57. The molecule has 0 spiro atoms. The van der Waals surface area contributed by atoms with Gasteiger partial charge < -0.3 is 12.4 Å². The maximum absolute atomic E-state index is 11.1. The number of hydrogen-bond donors (Lipinski definition) is 1. The van der Waals surface area contributed by atoms with Crippen molar-refractivity contribution in [1.82, 2.24) is 0 Å². The molecular formula is C15H11ClN4O4. The zero-order valence-corrected chi connectivity index (χ0v) is 12.9. The lowest BCUT2D eigenvalue weighted by atomic mass is 10.2. The lowest BCUT2D eigenvalue weighted by Crippen LogP contribution is -3.00. The van der Waals surface area contributed by atoms with E-state index in [9.17, 15) is 20.2 Å². The molecule has 24 heavy (non-hydrogen) atoms. The number of rotatable bonds is 4. The third-order valence-electron chi connectivity index (χ3n) is 3.33. The van der Waals surface area contributed by atoms with Gasteiger partial charge in [-0.15, -0.1) is 0 Å². The van der Waals surface area contributed by atoms with Crippen molar-refractivity contribution in [2.75, 3.05) is 5.43 Å². The fourth-order valence-electron chi connectivity index (χ4n) is 2.22. The molecular weight excluding hydrogens is 336 g/mol. The van der Waals surface area contributed by atoms with Crippen molar-refractivity contribution in [3.63, 3.8) is 0 Å². The Bertz CT molecular complexity index is 932. The number of hydrogen-bond acceptors (Lipinski definition) is 5. The van der Waals surface area contributed by atoms with Gasteiger partial charge in [-0.05, 0) is 17.5 Å². The summed E-state index contributed by atoms with van der Waals surface area (Å²) in [4.78, 5) is 20.6. The van der Waals surface area contributed by atoms with E-state index in [1.54, 1.807) is 17.1 Å². The Morgan fingerprint density at radius 3 is 2.29 bits per heavy atom. The van der Waals surface area contributed by atoms with Crippen molar-refractivity contribution in [3.8, 4) is 0 Å². The molecule has 3 rings (SSSR count). The highest BCUT2D eigenvalue weighted by Crippen LogP contribution is 2.28. The van der Waals surface area contributed by atoms with E-state index in [2.05, 4.69) is 5.43 Å². The van der Waals surface area contributed by atoms with Gasteiger partial charge in [-0.3, -0.25) is 20.2 Å². The number of nitro groups is 2. The minimum absolute atomic E-state index is 0. The summed E-state index contributed by atoms with van der Waals surface area (Å²) in [5.74, 6) is 0. The van der Waals surface area contributed by atoms with Crippen LogP contribution in [-0.2, 0) is 0 Å². The minimum atomic E-state index is -0.667. The van der Waals surface area contributed by atoms with E-state index in [1.807, 2.05) is 30.3 Å². The first-order valence-corrected chi connectivity index (χ1v) is 6.64. The molecule has 0 amide bonds. The average Bonchev–Trinajstić information content (AvgIpc) is 2.54. The van der Waals surface area contributed by atoms with Gasteiger partial charge in [0.05, 0.1) is 15.9 Å². The second kappa shape index (κ2) is 6.88. The molecule has 0 aliphatic carbocycles. The molecule has 0 radical (unpaired) electrons. The molecule has 0 saturated heterocycles. The molecule has 0 aliphatic rings. The van der Waals surface area contributed by atoms with Crippen molar-refractivity contribution in [2.24, 2.45) is 0 Å². The molecule has 2 aromatic carbocycles. The normalized spacial score (nSPS) is 10.0. The van der Waals surface area contributed by atoms with E-state index in [1.165, 1.54) is 12.1 Å². The number of nitrogens with zero attached hydrogens (tertiary/aromatic N) is 3. The highest BCUT2D eigenvalue weighted by Gasteiger charge is 2.21. The van der Waals surface area contributed by atoms with E-state index in [-0.39, 0.29) is 29.5 Å². The van der Waals surface area contributed by atoms with Gasteiger partial charge in [-0.2, -0.15) is 5.43 Å². The summed E-state index contributed by atoms with van der Waals surface area (Å²) in [6, 6.07) is 13.0. The summed E-state index contributed by atoms with van der Waals surface area (Å²) in [7, 11) is 0. The molecule has 122 valence electrons. The zero-order valence-electron chi connectivity index (χ0n) is 12.1. The third kappa shape index (κ3) is 3.39. The van der Waals surface area contributed by atoms with Crippen LogP contribution in [0, 0.1) is 20.2 Å². The zero-order chi connectivity index (χ0) is 16.4. The molecule has 0 atom stereocenters. The first kappa shape index (κ1) is 17.1. The van der Waals surface area contributed by atoms with Crippen LogP contribution in [0.4, 0.5) is 17.1 Å². The number of nitro benzene ring substituents is 2. The second-order valence-electron chi connectivity index (χ2n) is 4.81. The summed E-state index contributed by atoms with van der Waals surface area (Å²) in [5, 5.41) is 23.9. The first-order chi connectivity index (χ1) is 11.0. The van der Waals surface area contributed by atoms with E-state index in [4.69, 9.17) is 0 Å². The Labute approximate surface area is 142 Å². The smallest absolute Gasteiger partial charge is 0.305 e. The Morgan fingerprint density at radius 2 is 1.62 bits per heavy atom. The topological polar surface area (TPSA) is 102 Å². The Morgan fingerprint density at radius 1 is 0.917 bits per heavy atom. The Kier molecular flexibility index (Phi) is 4.90. The summed E-state index contributed by atoms with van der Waals surface area (Å²) in [6.07, 6.45) is 3.49. The van der Waals surface area contributed by atoms with Crippen LogP contribution >= 0.6 is 0 Å². The van der Waals surface area contributed by atoms with Crippen molar-refractivity contribution < 1.29 is 26.9 Å². The standard InChI is InChI=1S/C15H11N4O4.ClH/c20-18(21)13-5-6-14(15(9-13)19(22)23)16-17-8-7-11-3-1-2-4-12(11)10-17;/h1-10,16H;1H/q+1;/p-1. The van der Waals surface area contributed by atoms with Crippen LogP contribution in [0.3, 0.4) is 0 Å². The Hall–Kier alpha value is -3.26. The number of pyridine rings is 1. The number of benzene rings is 2. The highest BCUT2D eigenvalue weighted by molar-refractivity contribution is 5.80. The molecule has 9 heteroatoms. The second-order valence-corrected chi connectivity index (χ2v) is 4.81. The number of halogens is 1. The largest absolute Gasteiger partial charge is 1.00 e. The fraction of sp³-hybridized carbons (Fsp3) is 0. The minimum Gasteiger partial charge on any atom is -1.00 e. The number of nitrogens with one attached hydrogen (secondary N) is 1. The number of anilines is 1. The van der Waals surface area contributed by atoms with Crippen LogP contribution in [0.2, 0.25) is 0 Å². The van der Waals surface area contributed by atoms with Gasteiger partial charge in [0.2, 0.25) is 12.4 Å². The average molecular weight is 347 g/mol. The summed E-state index contributed by atoms with van der Waals surface area (Å²) in [6.45, 7) is 0. The van der Waals surface area contributed by atoms with Crippen molar-refractivity contribution >= 4 is 27.8 Å². The van der Waals surface area contributed by atoms with Gasteiger partial charge in [0.15, 0.2) is 5.69 Å². The van der Waals surface area contributed by atoms with Crippen LogP contribution in [0.5, 0.6) is 0 Å². The quantitative estimate of drug-likeness (QED) is 0.401. The molecule has 1 N–H and O–H groups in total. The molecule has 1 heterocycles. The van der Waals surface area contributed by atoms with E-state index in [0.717, 1.165) is 16.8 Å². The van der Waals surface area contributed by atoms with Gasteiger partial charge in [-0.25, -0.2) is 0 Å². The van der Waals surface area contributed by atoms with Crippen LogP contribution in [0.15, 0.2) is 60.9 Å². The van der Waals surface area contributed by atoms with Crippen LogP contribution < -0.4 is 22.5 Å².